The van der Waals surface area contributed by atoms with Crippen molar-refractivity contribution >= 4 is 0 Å². The van der Waals surface area contributed by atoms with E-state index in [4.69, 9.17) is 4.74 Å². The standard InChI is InChI=1S/C30H44N4O/c1-24-19-33(20-25(24)2)16-17-35-30-10-8-26(9-11-30)12-13-31-28-18-29-23-32(14-15-34(29)22-28)21-27-6-4-3-5-7-27/h3-11,24-25,28-29,31H,12-23H2,1-2H3/t24?,25?,28?,29-/m0/s1. The number of nitrogens with zero attached hydrogens (tertiary/aromatic N) is 3. The number of benzene rings is 2. The molecule has 3 saturated heterocycles. The van der Waals surface area contributed by atoms with Gasteiger partial charge in [-0.3, -0.25) is 14.7 Å². The quantitative estimate of drug-likeness (QED) is 0.565. The fraction of sp³-hybridized carbons (Fsp3) is 0.600. The molecule has 0 spiro atoms. The van der Waals surface area contributed by atoms with E-state index in [9.17, 15) is 0 Å². The molecule has 5 rings (SSSR count). The van der Waals surface area contributed by atoms with E-state index in [0.717, 1.165) is 50.2 Å². The molecular weight excluding hydrogens is 432 g/mol. The summed E-state index contributed by atoms with van der Waals surface area (Å²) >= 11 is 0. The first kappa shape index (κ1) is 24.8. The highest BCUT2D eigenvalue weighted by molar-refractivity contribution is 5.27. The van der Waals surface area contributed by atoms with Crippen LogP contribution < -0.4 is 10.1 Å². The van der Waals surface area contributed by atoms with Gasteiger partial charge in [0.15, 0.2) is 0 Å². The molecule has 190 valence electrons. The summed E-state index contributed by atoms with van der Waals surface area (Å²) in [6.07, 6.45) is 2.35. The smallest absolute Gasteiger partial charge is 0.119 e. The highest BCUT2D eigenvalue weighted by Crippen LogP contribution is 2.24. The average Bonchev–Trinajstić information content (AvgIpc) is 3.42. The lowest BCUT2D eigenvalue weighted by molar-refractivity contribution is 0.0991. The number of ether oxygens (including phenoxy) is 1. The van der Waals surface area contributed by atoms with Crippen LogP contribution in [0.25, 0.3) is 0 Å². The minimum Gasteiger partial charge on any atom is -0.492 e. The molecule has 0 bridgehead atoms. The highest BCUT2D eigenvalue weighted by Gasteiger charge is 2.35. The van der Waals surface area contributed by atoms with Crippen LogP contribution >= 0.6 is 0 Å². The van der Waals surface area contributed by atoms with E-state index >= 15 is 0 Å². The Morgan fingerprint density at radius 3 is 2.37 bits per heavy atom. The first-order valence-corrected chi connectivity index (χ1v) is 13.8. The Labute approximate surface area is 212 Å². The number of hydrogen-bond donors (Lipinski definition) is 1. The molecule has 5 nitrogen and oxygen atoms in total. The monoisotopic (exact) mass is 476 g/mol. The molecule has 35 heavy (non-hydrogen) atoms. The van der Waals surface area contributed by atoms with Gasteiger partial charge in [-0.25, -0.2) is 0 Å². The third-order valence-corrected chi connectivity index (χ3v) is 8.46. The number of likely N-dealkylation sites (tertiary alicyclic amines) is 1. The van der Waals surface area contributed by atoms with Gasteiger partial charge in [0.2, 0.25) is 0 Å². The Hall–Kier alpha value is -1.92. The minimum atomic E-state index is 0.621. The van der Waals surface area contributed by atoms with Crippen molar-refractivity contribution in [3.05, 3.63) is 65.7 Å². The van der Waals surface area contributed by atoms with Gasteiger partial charge in [0.1, 0.15) is 12.4 Å². The van der Waals surface area contributed by atoms with Crippen molar-refractivity contribution in [2.45, 2.75) is 45.3 Å². The summed E-state index contributed by atoms with van der Waals surface area (Å²) in [5.41, 5.74) is 2.82. The maximum absolute atomic E-state index is 6.01. The van der Waals surface area contributed by atoms with Gasteiger partial charge >= 0.3 is 0 Å². The van der Waals surface area contributed by atoms with Crippen LogP contribution in [0.3, 0.4) is 0 Å². The van der Waals surface area contributed by atoms with Crippen LogP contribution in [0.15, 0.2) is 54.6 Å². The molecule has 2 aromatic rings. The summed E-state index contributed by atoms with van der Waals surface area (Å²) < 4.78 is 6.01. The van der Waals surface area contributed by atoms with Crippen LogP contribution in [-0.2, 0) is 13.0 Å². The highest BCUT2D eigenvalue weighted by atomic mass is 16.5. The van der Waals surface area contributed by atoms with Gasteiger partial charge in [0.05, 0.1) is 0 Å². The van der Waals surface area contributed by atoms with Crippen LogP contribution in [0.1, 0.15) is 31.4 Å². The maximum atomic E-state index is 6.01. The Balaban J connectivity index is 0.981. The number of hydrogen-bond acceptors (Lipinski definition) is 5. The molecule has 0 saturated carbocycles. The zero-order valence-corrected chi connectivity index (χ0v) is 21.7. The Bertz CT molecular complexity index is 894. The predicted molar refractivity (Wildman–Crippen MR) is 144 cm³/mol. The van der Waals surface area contributed by atoms with E-state index < -0.39 is 0 Å². The largest absolute Gasteiger partial charge is 0.492 e. The molecule has 2 aromatic carbocycles. The summed E-state index contributed by atoms with van der Waals surface area (Å²) in [6.45, 7) is 15.9. The van der Waals surface area contributed by atoms with E-state index in [2.05, 4.69) is 88.5 Å². The summed E-state index contributed by atoms with van der Waals surface area (Å²) in [7, 11) is 0. The van der Waals surface area contributed by atoms with Gasteiger partial charge in [-0.05, 0) is 54.5 Å². The van der Waals surface area contributed by atoms with Crippen molar-refractivity contribution in [1.82, 2.24) is 20.0 Å². The third-order valence-electron chi connectivity index (χ3n) is 8.46. The van der Waals surface area contributed by atoms with Crippen LogP contribution in [0.4, 0.5) is 0 Å². The molecule has 0 aromatic heterocycles. The fourth-order valence-electron chi connectivity index (χ4n) is 6.14. The summed E-state index contributed by atoms with van der Waals surface area (Å²) in [6, 6.07) is 21.0. The summed E-state index contributed by atoms with van der Waals surface area (Å²) in [5.74, 6) is 2.61. The van der Waals surface area contributed by atoms with Gasteiger partial charge in [0, 0.05) is 64.4 Å². The normalized spacial score (nSPS) is 27.8. The molecule has 0 amide bonds. The Morgan fingerprint density at radius 1 is 0.829 bits per heavy atom. The van der Waals surface area contributed by atoms with E-state index in [1.807, 2.05) is 0 Å². The second kappa shape index (κ2) is 11.9. The SMILES string of the molecule is CC1CN(CCOc2ccc(CCNC3C[C@H]4CN(Cc5ccccc5)CCN4C3)cc2)CC1C. The van der Waals surface area contributed by atoms with E-state index in [1.165, 1.54) is 56.8 Å². The van der Waals surface area contributed by atoms with Gasteiger partial charge in [-0.1, -0.05) is 56.3 Å². The Morgan fingerprint density at radius 2 is 1.60 bits per heavy atom. The molecule has 4 atom stereocenters. The summed E-state index contributed by atoms with van der Waals surface area (Å²) in [4.78, 5) is 7.87. The van der Waals surface area contributed by atoms with Crippen LogP contribution in [-0.4, -0.2) is 85.7 Å². The second-order valence-electron chi connectivity index (χ2n) is 11.2. The zero-order valence-electron chi connectivity index (χ0n) is 21.7. The molecule has 5 heteroatoms. The molecule has 3 aliphatic rings. The number of piperazine rings is 1. The molecule has 3 aliphatic heterocycles. The van der Waals surface area contributed by atoms with Crippen molar-refractivity contribution in [2.24, 2.45) is 11.8 Å². The number of fused-ring (bicyclic) bond motifs is 1. The maximum Gasteiger partial charge on any atom is 0.119 e. The first-order chi connectivity index (χ1) is 17.1. The molecule has 0 aliphatic carbocycles. The van der Waals surface area contributed by atoms with Crippen molar-refractivity contribution < 1.29 is 4.74 Å². The minimum absolute atomic E-state index is 0.621. The third kappa shape index (κ3) is 6.85. The van der Waals surface area contributed by atoms with Crippen molar-refractivity contribution in [2.75, 3.05) is 59.0 Å². The molecule has 1 N–H and O–H groups in total. The van der Waals surface area contributed by atoms with Crippen LogP contribution in [0, 0.1) is 11.8 Å². The fourth-order valence-corrected chi connectivity index (χ4v) is 6.14. The Kier molecular flexibility index (Phi) is 8.40. The van der Waals surface area contributed by atoms with Gasteiger partial charge < -0.3 is 10.1 Å². The van der Waals surface area contributed by atoms with E-state index in [1.54, 1.807) is 0 Å². The first-order valence-electron chi connectivity index (χ1n) is 13.8. The van der Waals surface area contributed by atoms with Gasteiger partial charge in [-0.15, -0.1) is 0 Å². The molecule has 3 fully saturated rings. The molecule has 3 heterocycles. The lowest BCUT2D eigenvalue weighted by Gasteiger charge is -2.37. The van der Waals surface area contributed by atoms with Crippen molar-refractivity contribution in [1.29, 1.82) is 0 Å². The zero-order chi connectivity index (χ0) is 24.0. The topological polar surface area (TPSA) is 31.0 Å². The number of rotatable bonds is 10. The number of nitrogens with one attached hydrogen (secondary N) is 1. The predicted octanol–water partition coefficient (Wildman–Crippen LogP) is 3.74. The second-order valence-corrected chi connectivity index (χ2v) is 11.2. The van der Waals surface area contributed by atoms with Crippen LogP contribution in [0.2, 0.25) is 0 Å². The molecule has 3 unspecified atom stereocenters. The van der Waals surface area contributed by atoms with Gasteiger partial charge in [-0.2, -0.15) is 0 Å². The van der Waals surface area contributed by atoms with Crippen molar-refractivity contribution in [3.8, 4) is 5.75 Å². The van der Waals surface area contributed by atoms with Crippen molar-refractivity contribution in [3.63, 3.8) is 0 Å². The molecule has 0 radical (unpaired) electrons. The van der Waals surface area contributed by atoms with E-state index in [-0.39, 0.29) is 0 Å². The lowest BCUT2D eigenvalue weighted by Crippen LogP contribution is -2.49. The summed E-state index contributed by atoms with van der Waals surface area (Å²) in [5, 5.41) is 3.84. The van der Waals surface area contributed by atoms with Gasteiger partial charge in [0.25, 0.3) is 0 Å². The lowest BCUT2D eigenvalue weighted by atomic mass is 10.0. The van der Waals surface area contributed by atoms with E-state index in [0.29, 0.717) is 12.1 Å². The van der Waals surface area contributed by atoms with Crippen LogP contribution in [0.5, 0.6) is 5.75 Å². The average molecular weight is 477 g/mol. The molecular formula is C30H44N4O.